The number of carbonyl (C=O) groups excluding carboxylic acids is 1. The van der Waals surface area contributed by atoms with Crippen LogP contribution in [0.15, 0.2) is 53.1 Å². The summed E-state index contributed by atoms with van der Waals surface area (Å²) in [6.07, 6.45) is 6.31. The van der Waals surface area contributed by atoms with E-state index in [4.69, 9.17) is 4.42 Å². The SMILES string of the molecule is CN(C)CCCNC(=O)c1cc2cc(N3CCN(CCCCc4c[nH]c5ccc(C#N)cc45)CC3)ccc2o1. The monoisotopic (exact) mass is 526 g/mol. The molecule has 204 valence electrons. The maximum atomic E-state index is 12.5. The predicted octanol–water partition coefficient (Wildman–Crippen LogP) is 4.61. The van der Waals surface area contributed by atoms with E-state index in [0.717, 1.165) is 81.4 Å². The van der Waals surface area contributed by atoms with Crippen LogP contribution >= 0.6 is 0 Å². The molecule has 0 atom stereocenters. The third kappa shape index (κ3) is 6.62. The van der Waals surface area contributed by atoms with Crippen molar-refractivity contribution < 1.29 is 9.21 Å². The molecule has 1 amide bonds. The number of nitriles is 1. The number of amides is 1. The zero-order valence-electron chi connectivity index (χ0n) is 23.0. The van der Waals surface area contributed by atoms with Crippen LogP contribution in [0.4, 0.5) is 5.69 Å². The topological polar surface area (TPSA) is 91.5 Å². The van der Waals surface area contributed by atoms with Gasteiger partial charge in [0.15, 0.2) is 5.76 Å². The number of fused-ring (bicyclic) bond motifs is 2. The first-order chi connectivity index (χ1) is 19.0. The van der Waals surface area contributed by atoms with Gasteiger partial charge < -0.3 is 24.5 Å². The molecule has 8 nitrogen and oxygen atoms in total. The molecule has 2 aromatic heterocycles. The maximum absolute atomic E-state index is 12.5. The van der Waals surface area contributed by atoms with Crippen LogP contribution in [0.2, 0.25) is 0 Å². The fraction of sp³-hybridized carbons (Fsp3) is 0.419. The molecule has 0 unspecified atom stereocenters. The molecule has 0 bridgehead atoms. The van der Waals surface area contributed by atoms with Gasteiger partial charge in [-0.15, -0.1) is 0 Å². The molecule has 0 spiro atoms. The molecule has 1 saturated heterocycles. The number of anilines is 1. The highest BCUT2D eigenvalue weighted by atomic mass is 16.3. The Labute approximate surface area is 230 Å². The first kappa shape index (κ1) is 26.8. The van der Waals surface area contributed by atoms with E-state index in [1.54, 1.807) is 0 Å². The molecule has 2 N–H and O–H groups in total. The van der Waals surface area contributed by atoms with Gasteiger partial charge in [0, 0.05) is 60.9 Å². The number of benzene rings is 2. The molecule has 4 aromatic rings. The van der Waals surface area contributed by atoms with Crippen molar-refractivity contribution >= 4 is 33.5 Å². The van der Waals surface area contributed by atoms with Gasteiger partial charge in [-0.2, -0.15) is 5.26 Å². The Bertz CT molecular complexity index is 1460. The molecule has 0 radical (unpaired) electrons. The molecule has 39 heavy (non-hydrogen) atoms. The third-order valence-electron chi connectivity index (χ3n) is 7.60. The van der Waals surface area contributed by atoms with Crippen LogP contribution in [0.5, 0.6) is 0 Å². The van der Waals surface area contributed by atoms with Crippen LogP contribution < -0.4 is 10.2 Å². The zero-order valence-corrected chi connectivity index (χ0v) is 23.0. The van der Waals surface area contributed by atoms with Gasteiger partial charge in [-0.05, 0) is 101 Å². The predicted molar refractivity (Wildman–Crippen MR) is 156 cm³/mol. The van der Waals surface area contributed by atoms with Gasteiger partial charge in [-0.1, -0.05) is 0 Å². The van der Waals surface area contributed by atoms with Gasteiger partial charge >= 0.3 is 0 Å². The lowest BCUT2D eigenvalue weighted by molar-refractivity contribution is 0.0927. The normalized spacial score (nSPS) is 14.4. The van der Waals surface area contributed by atoms with E-state index in [1.165, 1.54) is 16.6 Å². The first-order valence-corrected chi connectivity index (χ1v) is 13.9. The Morgan fingerprint density at radius 1 is 1.08 bits per heavy atom. The van der Waals surface area contributed by atoms with E-state index >= 15 is 0 Å². The largest absolute Gasteiger partial charge is 0.451 e. The van der Waals surface area contributed by atoms with Crippen LogP contribution in [0.25, 0.3) is 21.9 Å². The molecule has 1 aliphatic rings. The number of nitrogens with zero attached hydrogens (tertiary/aromatic N) is 4. The van der Waals surface area contributed by atoms with Crippen LogP contribution in [0.1, 0.15) is 40.9 Å². The minimum absolute atomic E-state index is 0.156. The third-order valence-corrected chi connectivity index (χ3v) is 7.60. The molecule has 0 aliphatic carbocycles. The summed E-state index contributed by atoms with van der Waals surface area (Å²) < 4.78 is 5.82. The smallest absolute Gasteiger partial charge is 0.287 e. The maximum Gasteiger partial charge on any atom is 0.287 e. The molecular formula is C31H38N6O2. The minimum atomic E-state index is -0.156. The second kappa shape index (κ2) is 12.4. The van der Waals surface area contributed by atoms with Crippen molar-refractivity contribution in [1.29, 1.82) is 5.26 Å². The standard InChI is InChI=1S/C31H38N6O2/c1-35(2)12-5-11-33-31(38)30-20-25-19-26(8-10-29(25)39-30)37-16-14-36(15-17-37)13-4-3-6-24-22-34-28-9-7-23(21-32)18-27(24)28/h7-10,18-20,22,34H,3-6,11-17H2,1-2H3,(H,33,38). The quantitative estimate of drug-likeness (QED) is 0.277. The molecular weight excluding hydrogens is 488 g/mol. The summed E-state index contributed by atoms with van der Waals surface area (Å²) in [5.74, 6) is 0.215. The zero-order chi connectivity index (χ0) is 27.2. The number of aryl methyl sites for hydroxylation is 1. The summed E-state index contributed by atoms with van der Waals surface area (Å²) >= 11 is 0. The van der Waals surface area contributed by atoms with Crippen molar-refractivity contribution in [3.05, 3.63) is 65.5 Å². The Kier molecular flexibility index (Phi) is 8.50. The molecule has 0 saturated carbocycles. The van der Waals surface area contributed by atoms with Crippen molar-refractivity contribution in [2.75, 3.05) is 64.8 Å². The number of rotatable bonds is 11. The number of hydrogen-bond acceptors (Lipinski definition) is 6. The van der Waals surface area contributed by atoms with Gasteiger partial charge in [0.2, 0.25) is 0 Å². The molecule has 2 aromatic carbocycles. The van der Waals surface area contributed by atoms with E-state index in [9.17, 15) is 10.1 Å². The second-order valence-corrected chi connectivity index (χ2v) is 10.7. The summed E-state index contributed by atoms with van der Waals surface area (Å²) in [5, 5.41) is 14.3. The van der Waals surface area contributed by atoms with Gasteiger partial charge in [0.05, 0.1) is 11.6 Å². The van der Waals surface area contributed by atoms with Gasteiger partial charge in [0.25, 0.3) is 5.91 Å². The van der Waals surface area contributed by atoms with Crippen molar-refractivity contribution in [2.24, 2.45) is 0 Å². The van der Waals surface area contributed by atoms with Crippen molar-refractivity contribution in [2.45, 2.75) is 25.7 Å². The Morgan fingerprint density at radius 2 is 1.92 bits per heavy atom. The molecule has 1 fully saturated rings. The molecule has 3 heterocycles. The number of aromatic amines is 1. The molecule has 8 heteroatoms. The molecule has 1 aliphatic heterocycles. The van der Waals surface area contributed by atoms with Gasteiger partial charge in [-0.25, -0.2) is 0 Å². The van der Waals surface area contributed by atoms with E-state index in [0.29, 0.717) is 17.9 Å². The van der Waals surface area contributed by atoms with Crippen LogP contribution in [0, 0.1) is 11.3 Å². The Hall–Kier alpha value is -3.80. The average molecular weight is 527 g/mol. The summed E-state index contributed by atoms with van der Waals surface area (Å²) in [4.78, 5) is 22.9. The average Bonchev–Trinajstić information content (AvgIpc) is 3.57. The van der Waals surface area contributed by atoms with Crippen LogP contribution in [-0.4, -0.2) is 80.6 Å². The van der Waals surface area contributed by atoms with E-state index in [2.05, 4.69) is 49.4 Å². The number of nitrogens with one attached hydrogen (secondary N) is 2. The van der Waals surface area contributed by atoms with E-state index in [1.807, 2.05) is 44.4 Å². The van der Waals surface area contributed by atoms with Crippen molar-refractivity contribution in [1.82, 2.24) is 20.1 Å². The Morgan fingerprint density at radius 3 is 2.72 bits per heavy atom. The number of aromatic nitrogens is 1. The summed E-state index contributed by atoms with van der Waals surface area (Å²) in [6.45, 7) is 6.74. The number of hydrogen-bond donors (Lipinski definition) is 2. The number of unbranched alkanes of at least 4 members (excludes halogenated alkanes) is 1. The van der Waals surface area contributed by atoms with Gasteiger partial charge in [0.1, 0.15) is 5.58 Å². The number of furan rings is 1. The summed E-state index contributed by atoms with van der Waals surface area (Å²) in [6, 6.07) is 16.1. The first-order valence-electron chi connectivity index (χ1n) is 13.9. The fourth-order valence-corrected chi connectivity index (χ4v) is 5.36. The van der Waals surface area contributed by atoms with E-state index < -0.39 is 0 Å². The Balaban J connectivity index is 1.07. The van der Waals surface area contributed by atoms with Crippen molar-refractivity contribution in [3.63, 3.8) is 0 Å². The lowest BCUT2D eigenvalue weighted by Crippen LogP contribution is -2.46. The molecule has 5 rings (SSSR count). The van der Waals surface area contributed by atoms with Crippen LogP contribution in [-0.2, 0) is 6.42 Å². The number of H-pyrrole nitrogens is 1. The fourth-order valence-electron chi connectivity index (χ4n) is 5.36. The highest BCUT2D eigenvalue weighted by Crippen LogP contribution is 2.26. The lowest BCUT2D eigenvalue weighted by atomic mass is 10.1. The second-order valence-electron chi connectivity index (χ2n) is 10.7. The van der Waals surface area contributed by atoms with E-state index in [-0.39, 0.29) is 5.91 Å². The van der Waals surface area contributed by atoms with Gasteiger partial charge in [-0.3, -0.25) is 9.69 Å². The summed E-state index contributed by atoms with van der Waals surface area (Å²) in [7, 11) is 4.06. The highest BCUT2D eigenvalue weighted by molar-refractivity contribution is 5.96. The summed E-state index contributed by atoms with van der Waals surface area (Å²) in [5.41, 5.74) is 5.03. The highest BCUT2D eigenvalue weighted by Gasteiger charge is 2.19. The number of piperazine rings is 1. The number of carbonyl (C=O) groups is 1. The minimum Gasteiger partial charge on any atom is -0.451 e. The lowest BCUT2D eigenvalue weighted by Gasteiger charge is -2.36. The van der Waals surface area contributed by atoms with Crippen LogP contribution in [0.3, 0.4) is 0 Å². The van der Waals surface area contributed by atoms with Crippen molar-refractivity contribution in [3.8, 4) is 6.07 Å².